The van der Waals surface area contributed by atoms with Crippen LogP contribution in [-0.4, -0.2) is 20.9 Å². The number of furan rings is 2. The van der Waals surface area contributed by atoms with Crippen LogP contribution in [0.4, 0.5) is 0 Å². The van der Waals surface area contributed by atoms with Crippen molar-refractivity contribution in [1.82, 2.24) is 9.97 Å². The van der Waals surface area contributed by atoms with E-state index in [-0.39, 0.29) is 31.6 Å². The van der Waals surface area contributed by atoms with E-state index in [1.54, 1.807) is 6.20 Å². The molecule has 6 aromatic rings. The molecule has 0 fully saturated rings. The van der Waals surface area contributed by atoms with Crippen molar-refractivity contribution in [3.8, 4) is 22.6 Å². The number of benzene rings is 2. The van der Waals surface area contributed by atoms with Gasteiger partial charge >= 0.3 is 0 Å². The Kier molecular flexibility index (Phi) is 7.91. The average molecular weight is 682 g/mol. The third-order valence-electron chi connectivity index (χ3n) is 5.85. The molecule has 0 saturated heterocycles. The van der Waals surface area contributed by atoms with Crippen molar-refractivity contribution in [2.24, 2.45) is 0 Å². The van der Waals surface area contributed by atoms with Crippen molar-refractivity contribution in [3.63, 3.8) is 0 Å². The third-order valence-corrected chi connectivity index (χ3v) is 5.85. The van der Waals surface area contributed by atoms with Gasteiger partial charge in [0.2, 0.25) is 5.71 Å². The minimum atomic E-state index is -0.125. The zero-order valence-corrected chi connectivity index (χ0v) is 23.7. The second kappa shape index (κ2) is 11.1. The number of hydrogen-bond acceptors (Lipinski definition) is 6. The molecule has 0 amide bonds. The number of aliphatic hydroxyl groups is 1. The van der Waals surface area contributed by atoms with Crippen LogP contribution < -0.4 is 0 Å². The Balaban J connectivity index is 0.000000375. The van der Waals surface area contributed by atoms with Crippen molar-refractivity contribution in [1.29, 1.82) is 0 Å². The first-order valence-corrected chi connectivity index (χ1v) is 11.8. The average Bonchev–Trinajstić information content (AvgIpc) is 3.44. The van der Waals surface area contributed by atoms with E-state index in [9.17, 15) is 4.79 Å². The summed E-state index contributed by atoms with van der Waals surface area (Å²) in [7, 11) is 0. The number of carbonyl (C=O) groups is 1. The number of nitrogens with zero attached hydrogens (tertiary/aromatic N) is 2. The van der Waals surface area contributed by atoms with Gasteiger partial charge in [0, 0.05) is 48.2 Å². The first kappa shape index (κ1) is 27.0. The fourth-order valence-corrected chi connectivity index (χ4v) is 4.14. The fourth-order valence-electron chi connectivity index (χ4n) is 4.14. The summed E-state index contributed by atoms with van der Waals surface area (Å²) in [5.74, 6) is 0.766. The number of allylic oxidation sites excluding steroid dienone is 2. The monoisotopic (exact) mass is 682 g/mol. The van der Waals surface area contributed by atoms with Crippen molar-refractivity contribution in [2.45, 2.75) is 27.7 Å². The van der Waals surface area contributed by atoms with Crippen LogP contribution in [0.15, 0.2) is 87.5 Å². The first-order valence-electron chi connectivity index (χ1n) is 11.8. The number of aliphatic hydroxyl groups excluding tert-OH is 1. The van der Waals surface area contributed by atoms with E-state index in [0.29, 0.717) is 5.71 Å². The molecular weight excluding hydrogens is 657 g/mol. The minimum Gasteiger partial charge on any atom is -0.512 e. The standard InChI is InChI=1S/C26H17N2O2.C5H8O2.Ir/c1-15-6-9-17(10-7-15)23-13-18-12-22(27-14-24(18)29-23)21-5-3-4-19-20-11-8-16(2)28-26(20)30-25(19)21;1-4(6)3-5(2)7;/h3-4,6-14H,1-2H3;3,6H,1-2H3;/q-1;;/b;4-3-;. The van der Waals surface area contributed by atoms with Gasteiger partial charge < -0.3 is 18.9 Å². The van der Waals surface area contributed by atoms with Gasteiger partial charge in [-0.05, 0) is 51.6 Å². The molecule has 0 bridgehead atoms. The van der Waals surface area contributed by atoms with E-state index < -0.39 is 0 Å². The van der Waals surface area contributed by atoms with E-state index in [1.807, 2.05) is 37.3 Å². The Morgan fingerprint density at radius 3 is 2.42 bits per heavy atom. The quantitative estimate of drug-likeness (QED) is 0.116. The molecule has 2 aromatic carbocycles. The van der Waals surface area contributed by atoms with E-state index in [1.165, 1.54) is 25.5 Å². The van der Waals surface area contributed by atoms with Gasteiger partial charge in [0.1, 0.15) is 5.76 Å². The molecule has 0 saturated carbocycles. The van der Waals surface area contributed by atoms with Crippen molar-refractivity contribution in [3.05, 3.63) is 96.0 Å². The molecule has 1 radical (unpaired) electrons. The zero-order chi connectivity index (χ0) is 26.1. The van der Waals surface area contributed by atoms with Crippen LogP contribution in [0, 0.1) is 19.9 Å². The number of hydrogen-bond donors (Lipinski definition) is 1. The molecule has 193 valence electrons. The van der Waals surface area contributed by atoms with Gasteiger partial charge in [-0.3, -0.25) is 4.79 Å². The number of pyridine rings is 2. The number of aryl methyl sites for hydroxylation is 2. The molecule has 7 heteroatoms. The van der Waals surface area contributed by atoms with Gasteiger partial charge in [-0.25, -0.2) is 4.98 Å². The molecule has 0 unspecified atom stereocenters. The summed E-state index contributed by atoms with van der Waals surface area (Å²) < 4.78 is 12.1. The van der Waals surface area contributed by atoms with Gasteiger partial charge in [0.15, 0.2) is 11.4 Å². The number of rotatable bonds is 3. The van der Waals surface area contributed by atoms with Gasteiger partial charge in [-0.1, -0.05) is 46.8 Å². The number of fused-ring (bicyclic) bond motifs is 4. The number of carbonyl (C=O) groups excluding carboxylic acids is 1. The number of ketones is 1. The van der Waals surface area contributed by atoms with E-state index >= 15 is 0 Å². The molecule has 0 aliphatic rings. The van der Waals surface area contributed by atoms with Crippen molar-refractivity contribution in [2.75, 3.05) is 0 Å². The van der Waals surface area contributed by atoms with Gasteiger partial charge in [0.05, 0.1) is 17.5 Å². The molecule has 6 rings (SSSR count). The maximum absolute atomic E-state index is 10.0. The summed E-state index contributed by atoms with van der Waals surface area (Å²) in [5.41, 5.74) is 6.95. The minimum absolute atomic E-state index is 0. The van der Waals surface area contributed by atoms with Gasteiger partial charge in [0.25, 0.3) is 0 Å². The van der Waals surface area contributed by atoms with Gasteiger partial charge in [-0.2, -0.15) is 0 Å². The van der Waals surface area contributed by atoms with Crippen molar-refractivity contribution < 1.29 is 38.8 Å². The normalized spacial score (nSPS) is 11.3. The SMILES string of the molecule is CC(=O)/C=C(/C)O.Cc1ccc(-c2cc3cc(-c4[c-]ccc5c4oc4nc(C)ccc45)ncc3o2)cc1.[Ir]. The van der Waals surface area contributed by atoms with Crippen LogP contribution in [0.2, 0.25) is 0 Å². The molecule has 1 N–H and O–H groups in total. The smallest absolute Gasteiger partial charge is 0.216 e. The molecule has 0 spiro atoms. The van der Waals surface area contributed by atoms with Crippen LogP contribution >= 0.6 is 0 Å². The van der Waals surface area contributed by atoms with Gasteiger partial charge in [-0.15, -0.1) is 18.2 Å². The Morgan fingerprint density at radius 1 is 0.974 bits per heavy atom. The third kappa shape index (κ3) is 5.59. The Hall–Kier alpha value is -4.06. The summed E-state index contributed by atoms with van der Waals surface area (Å²) in [6.07, 6.45) is 2.93. The van der Waals surface area contributed by atoms with Crippen LogP contribution in [0.5, 0.6) is 0 Å². The first-order chi connectivity index (χ1) is 17.8. The van der Waals surface area contributed by atoms with Crippen LogP contribution in [0.3, 0.4) is 0 Å². The van der Waals surface area contributed by atoms with E-state index in [2.05, 4.69) is 53.3 Å². The number of aromatic nitrogens is 2. The van der Waals surface area contributed by atoms with Crippen molar-refractivity contribution >= 4 is 38.8 Å². The topological polar surface area (TPSA) is 89.4 Å². The zero-order valence-electron chi connectivity index (χ0n) is 21.3. The van der Waals surface area contributed by atoms with Crippen LogP contribution in [-0.2, 0) is 24.9 Å². The fraction of sp³-hybridized carbons (Fsp3) is 0.129. The predicted octanol–water partition coefficient (Wildman–Crippen LogP) is 7.91. The molecule has 38 heavy (non-hydrogen) atoms. The van der Waals surface area contributed by atoms with E-state index in [4.69, 9.17) is 13.9 Å². The molecule has 0 atom stereocenters. The molecule has 0 aliphatic carbocycles. The summed E-state index contributed by atoms with van der Waals surface area (Å²) >= 11 is 0. The largest absolute Gasteiger partial charge is 0.512 e. The van der Waals surface area contributed by atoms with E-state index in [0.717, 1.165) is 55.6 Å². The second-order valence-electron chi connectivity index (χ2n) is 8.98. The summed E-state index contributed by atoms with van der Waals surface area (Å²) in [5, 5.41) is 11.4. The molecule has 0 aliphatic heterocycles. The van der Waals surface area contributed by atoms with Crippen LogP contribution in [0.25, 0.3) is 55.6 Å². The molecule has 4 heterocycles. The maximum atomic E-state index is 10.0. The summed E-state index contributed by atoms with van der Waals surface area (Å²) in [6, 6.07) is 23.6. The second-order valence-corrected chi connectivity index (χ2v) is 8.98. The molecular formula is C31H25IrN2O4-. The predicted molar refractivity (Wildman–Crippen MR) is 145 cm³/mol. The maximum Gasteiger partial charge on any atom is 0.216 e. The summed E-state index contributed by atoms with van der Waals surface area (Å²) in [6.45, 7) is 6.88. The Labute approximate surface area is 233 Å². The Morgan fingerprint density at radius 2 is 1.74 bits per heavy atom. The summed E-state index contributed by atoms with van der Waals surface area (Å²) in [4.78, 5) is 19.2. The molecule has 6 nitrogen and oxygen atoms in total. The van der Waals surface area contributed by atoms with Crippen LogP contribution in [0.1, 0.15) is 25.1 Å². The molecule has 4 aromatic heterocycles. The Bertz CT molecular complexity index is 1790.